The monoisotopic (exact) mass is 458 g/mol. The summed E-state index contributed by atoms with van der Waals surface area (Å²) in [5.41, 5.74) is 1.84. The fourth-order valence-corrected chi connectivity index (χ4v) is 9.31. The highest BCUT2D eigenvalue weighted by molar-refractivity contribution is 6.74. The summed E-state index contributed by atoms with van der Waals surface area (Å²) in [6.07, 6.45) is 4.43. The van der Waals surface area contributed by atoms with Gasteiger partial charge in [-0.3, -0.25) is 0 Å². The molecule has 5 rings (SSSR count). The summed E-state index contributed by atoms with van der Waals surface area (Å²) >= 11 is 0. The van der Waals surface area contributed by atoms with E-state index >= 15 is 0 Å². The van der Waals surface area contributed by atoms with E-state index in [1.807, 2.05) is 0 Å². The molecule has 0 aromatic heterocycles. The minimum atomic E-state index is -2.05. The van der Waals surface area contributed by atoms with Crippen LogP contribution in [0.5, 0.6) is 0 Å². The van der Waals surface area contributed by atoms with Gasteiger partial charge in [0.1, 0.15) is 0 Å². The van der Waals surface area contributed by atoms with Gasteiger partial charge in [-0.25, -0.2) is 4.79 Å². The zero-order valence-corrected chi connectivity index (χ0v) is 22.5. The number of carbonyl (C=O) groups is 1. The Morgan fingerprint density at radius 3 is 2.47 bits per heavy atom. The normalized spacial score (nSPS) is 46.7. The van der Waals surface area contributed by atoms with Gasteiger partial charge in [-0.2, -0.15) is 0 Å². The first-order valence-corrected chi connectivity index (χ1v) is 15.4. The molecule has 5 aliphatic rings. The summed E-state index contributed by atoms with van der Waals surface area (Å²) in [5, 5.41) is 0.118. The predicted molar refractivity (Wildman–Crippen MR) is 129 cm³/mol. The molecule has 4 nitrogen and oxygen atoms in total. The maximum atomic E-state index is 12.6. The molecule has 0 radical (unpaired) electrons. The molecule has 5 heteroatoms. The maximum absolute atomic E-state index is 12.6. The molecular weight excluding hydrogens is 416 g/mol. The van der Waals surface area contributed by atoms with Crippen molar-refractivity contribution in [3.05, 3.63) is 23.8 Å². The Morgan fingerprint density at radius 1 is 1.19 bits per heavy atom. The number of ether oxygens (including phenoxy) is 2. The number of hydrogen-bond acceptors (Lipinski definition) is 4. The van der Waals surface area contributed by atoms with Crippen molar-refractivity contribution < 1.29 is 18.7 Å². The van der Waals surface area contributed by atoms with Crippen LogP contribution in [0, 0.1) is 34.5 Å². The van der Waals surface area contributed by atoms with Crippen molar-refractivity contribution in [3.8, 4) is 0 Å². The van der Waals surface area contributed by atoms with Gasteiger partial charge in [0.25, 0.3) is 0 Å². The Hall–Kier alpha value is -1.07. The first-order chi connectivity index (χ1) is 14.6. The number of allylic oxidation sites excluding steroid dienone is 1. The minimum Gasteiger partial charge on any atom is -0.426 e. The van der Waals surface area contributed by atoms with Gasteiger partial charge < -0.3 is 13.9 Å². The SMILES string of the molecule is C=C1C=C2[C@]3(C1)OC(=O)O[C@@H]3[C@@H](C)[C@@H](O[Si](C)(C)C(C)(C)C)[C@H]1[C@H]3[C@@H](CC[C@]21C)C3(C)C. The van der Waals surface area contributed by atoms with E-state index in [1.165, 1.54) is 12.0 Å². The Balaban J connectivity index is 1.70. The van der Waals surface area contributed by atoms with E-state index in [0.29, 0.717) is 23.7 Å². The van der Waals surface area contributed by atoms with E-state index < -0.39 is 20.1 Å². The largest absolute Gasteiger partial charge is 0.509 e. The molecule has 8 atom stereocenters. The molecule has 0 unspecified atom stereocenters. The molecule has 1 saturated heterocycles. The van der Waals surface area contributed by atoms with Gasteiger partial charge in [0.05, 0.1) is 6.10 Å². The van der Waals surface area contributed by atoms with Crippen molar-refractivity contribution in [1.29, 1.82) is 0 Å². The van der Waals surface area contributed by atoms with Gasteiger partial charge in [0, 0.05) is 12.3 Å². The summed E-state index contributed by atoms with van der Waals surface area (Å²) in [6, 6.07) is 0. The highest BCUT2D eigenvalue weighted by Gasteiger charge is 2.75. The van der Waals surface area contributed by atoms with Crippen LogP contribution in [0.15, 0.2) is 23.8 Å². The second kappa shape index (κ2) is 6.32. The molecule has 0 aromatic carbocycles. The Bertz CT molecular complexity index is 911. The Kier molecular flexibility index (Phi) is 4.49. The van der Waals surface area contributed by atoms with E-state index in [2.05, 4.69) is 74.2 Å². The molecule has 1 spiro atoms. The van der Waals surface area contributed by atoms with Gasteiger partial charge >= 0.3 is 6.16 Å². The van der Waals surface area contributed by atoms with E-state index in [0.717, 1.165) is 17.9 Å². The predicted octanol–water partition coefficient (Wildman–Crippen LogP) is 6.88. The van der Waals surface area contributed by atoms with Crippen LogP contribution in [0.25, 0.3) is 0 Å². The molecule has 32 heavy (non-hydrogen) atoms. The van der Waals surface area contributed by atoms with Crippen LogP contribution in [0.3, 0.4) is 0 Å². The number of rotatable bonds is 2. The van der Waals surface area contributed by atoms with E-state index in [1.54, 1.807) is 0 Å². The van der Waals surface area contributed by atoms with Gasteiger partial charge in [0.2, 0.25) is 0 Å². The third-order valence-corrected chi connectivity index (χ3v) is 15.2. The molecule has 0 bridgehead atoms. The molecule has 4 fully saturated rings. The lowest BCUT2D eigenvalue weighted by Gasteiger charge is -2.50. The van der Waals surface area contributed by atoms with Crippen molar-refractivity contribution in [1.82, 2.24) is 0 Å². The van der Waals surface area contributed by atoms with Crippen molar-refractivity contribution in [2.45, 2.75) is 104 Å². The Labute approximate surface area is 195 Å². The number of carbonyl (C=O) groups excluding carboxylic acids is 1. The molecule has 1 aliphatic heterocycles. The zero-order valence-electron chi connectivity index (χ0n) is 21.5. The summed E-state index contributed by atoms with van der Waals surface area (Å²) in [7, 11) is -2.05. The first-order valence-electron chi connectivity index (χ1n) is 12.5. The number of fused-ring (bicyclic) bond motifs is 4. The minimum absolute atomic E-state index is 0.0478. The van der Waals surface area contributed by atoms with E-state index in [9.17, 15) is 4.79 Å². The molecule has 178 valence electrons. The maximum Gasteiger partial charge on any atom is 0.509 e. The molecule has 3 saturated carbocycles. The lowest BCUT2D eigenvalue weighted by Crippen LogP contribution is -2.53. The molecular formula is C27H42O4Si. The second-order valence-electron chi connectivity index (χ2n) is 13.8. The smallest absolute Gasteiger partial charge is 0.426 e. The van der Waals surface area contributed by atoms with Crippen molar-refractivity contribution in [2.75, 3.05) is 0 Å². The van der Waals surface area contributed by atoms with Crippen molar-refractivity contribution in [2.24, 2.45) is 34.5 Å². The number of hydrogen-bond donors (Lipinski definition) is 0. The van der Waals surface area contributed by atoms with Crippen LogP contribution in [-0.2, 0) is 13.9 Å². The van der Waals surface area contributed by atoms with Crippen molar-refractivity contribution in [3.63, 3.8) is 0 Å². The highest BCUT2D eigenvalue weighted by atomic mass is 28.4. The summed E-state index contributed by atoms with van der Waals surface area (Å²) in [5.74, 6) is 1.83. The molecule has 1 heterocycles. The van der Waals surface area contributed by atoms with Crippen LogP contribution < -0.4 is 0 Å². The van der Waals surface area contributed by atoms with E-state index in [-0.39, 0.29) is 28.6 Å². The molecule has 0 amide bonds. The van der Waals surface area contributed by atoms with Crippen LogP contribution in [0.4, 0.5) is 4.79 Å². The lowest BCUT2D eigenvalue weighted by molar-refractivity contribution is -0.0373. The first kappa shape index (κ1) is 22.7. The summed E-state index contributed by atoms with van der Waals surface area (Å²) in [4.78, 5) is 12.6. The quantitative estimate of drug-likeness (QED) is 0.334. The molecule has 0 N–H and O–H groups in total. The van der Waals surface area contributed by atoms with Gasteiger partial charge in [-0.1, -0.05) is 66.7 Å². The molecule has 4 aliphatic carbocycles. The average Bonchev–Trinajstić information content (AvgIpc) is 2.93. The fourth-order valence-electron chi connectivity index (χ4n) is 7.91. The van der Waals surface area contributed by atoms with Crippen LogP contribution in [0.2, 0.25) is 18.1 Å². The highest BCUT2D eigenvalue weighted by Crippen LogP contribution is 2.76. The summed E-state index contributed by atoms with van der Waals surface area (Å²) < 4.78 is 19.4. The summed E-state index contributed by atoms with van der Waals surface area (Å²) in [6.45, 7) is 25.5. The van der Waals surface area contributed by atoms with Crippen LogP contribution in [-0.4, -0.2) is 32.3 Å². The fraction of sp³-hybridized carbons (Fsp3) is 0.815. The average molecular weight is 459 g/mol. The molecule has 0 aromatic rings. The van der Waals surface area contributed by atoms with Crippen LogP contribution >= 0.6 is 0 Å². The topological polar surface area (TPSA) is 44.8 Å². The lowest BCUT2D eigenvalue weighted by atomic mass is 9.60. The zero-order chi connectivity index (χ0) is 23.6. The third-order valence-electron chi connectivity index (χ3n) is 10.7. The van der Waals surface area contributed by atoms with E-state index in [4.69, 9.17) is 13.9 Å². The standard InChI is InChI=1S/C27H42O4Si/c1-15-13-18-26(8)12-11-17-19(25(17,6)7)20(26)21(31-32(9,10)24(3,4)5)16(2)22-27(18,14-15)30-23(28)29-22/h13,16-17,19-22H,1,11-12,14H2,2-10H3/t16-,17+,19+,20+,21+,22+,26+,27-/m0/s1. The van der Waals surface area contributed by atoms with Gasteiger partial charge in [0.15, 0.2) is 20.0 Å². The van der Waals surface area contributed by atoms with Crippen molar-refractivity contribution >= 4 is 14.5 Å². The second-order valence-corrected chi connectivity index (χ2v) is 18.6. The Morgan fingerprint density at radius 2 is 1.84 bits per heavy atom. The van der Waals surface area contributed by atoms with Gasteiger partial charge in [-0.05, 0) is 65.1 Å². The third kappa shape index (κ3) is 2.73. The van der Waals surface area contributed by atoms with Gasteiger partial charge in [-0.15, -0.1) is 0 Å². The van der Waals surface area contributed by atoms with Crippen LogP contribution in [0.1, 0.15) is 67.7 Å².